The number of nitrogens with one attached hydrogen (secondary N) is 1. The van der Waals surface area contributed by atoms with E-state index in [0.29, 0.717) is 16.8 Å². The summed E-state index contributed by atoms with van der Waals surface area (Å²) in [4.78, 5) is 7.06. The topological polar surface area (TPSA) is 63.9 Å². The highest BCUT2D eigenvalue weighted by molar-refractivity contribution is 6.32. The van der Waals surface area contributed by atoms with E-state index in [9.17, 15) is 0 Å². The Kier molecular flexibility index (Phi) is 3.22. The van der Waals surface area contributed by atoms with E-state index in [-0.39, 0.29) is 0 Å². The first-order chi connectivity index (χ1) is 8.45. The molecule has 0 amide bonds. The second-order valence-electron chi connectivity index (χ2n) is 4.31. The number of H-pyrrole nitrogens is 1. The van der Waals surface area contributed by atoms with E-state index in [4.69, 9.17) is 22.1 Å². The number of nitrogens with zero attached hydrogens (tertiary/aromatic N) is 1. The molecule has 18 heavy (non-hydrogen) atoms. The number of aromatic amines is 1. The van der Waals surface area contributed by atoms with Gasteiger partial charge >= 0.3 is 0 Å². The number of rotatable bonds is 2. The fourth-order valence-electron chi connectivity index (χ4n) is 2.16. The first-order valence-corrected chi connectivity index (χ1v) is 5.99. The highest BCUT2D eigenvalue weighted by Gasteiger charge is 2.17. The number of methoxy groups -OCH3 is 1. The molecule has 1 aromatic heterocycles. The fraction of sp³-hybridized carbons (Fsp3) is 0.308. The zero-order valence-electron chi connectivity index (χ0n) is 10.9. The van der Waals surface area contributed by atoms with Crippen molar-refractivity contribution in [2.75, 3.05) is 12.8 Å². The van der Waals surface area contributed by atoms with Crippen LogP contribution in [-0.2, 0) is 0 Å². The van der Waals surface area contributed by atoms with E-state index in [0.717, 1.165) is 28.0 Å². The van der Waals surface area contributed by atoms with Gasteiger partial charge in [0.15, 0.2) is 5.95 Å². The van der Waals surface area contributed by atoms with Crippen LogP contribution in [0.5, 0.6) is 5.75 Å². The van der Waals surface area contributed by atoms with Crippen LogP contribution in [0.4, 0.5) is 5.95 Å². The Balaban J connectivity index is 2.72. The standard InChI is InChI=1S/C13H16ClN3O/c1-6-5-9(18-4)7(2)8(3)10(6)11-12(14)17-13(15)16-11/h5H,1-4H3,(H3,15,16,17). The average Bonchev–Trinajstić information content (AvgIpc) is 2.63. The van der Waals surface area contributed by atoms with Crippen LogP contribution in [0.15, 0.2) is 6.07 Å². The number of aryl methyl sites for hydroxylation is 1. The lowest BCUT2D eigenvalue weighted by Gasteiger charge is -2.14. The van der Waals surface area contributed by atoms with Crippen molar-refractivity contribution in [2.24, 2.45) is 0 Å². The molecule has 0 aliphatic carbocycles. The van der Waals surface area contributed by atoms with Gasteiger partial charge in [0.05, 0.1) is 7.11 Å². The first kappa shape index (κ1) is 12.8. The number of halogens is 1. The Morgan fingerprint density at radius 3 is 2.44 bits per heavy atom. The summed E-state index contributed by atoms with van der Waals surface area (Å²) in [6.07, 6.45) is 0. The van der Waals surface area contributed by atoms with Crippen LogP contribution in [0, 0.1) is 20.8 Å². The largest absolute Gasteiger partial charge is 0.496 e. The van der Waals surface area contributed by atoms with Crippen molar-refractivity contribution in [3.05, 3.63) is 27.9 Å². The molecular formula is C13H16ClN3O. The van der Waals surface area contributed by atoms with E-state index in [1.807, 2.05) is 26.8 Å². The van der Waals surface area contributed by atoms with Gasteiger partial charge in [-0.3, -0.25) is 0 Å². The molecule has 4 nitrogen and oxygen atoms in total. The lowest BCUT2D eigenvalue weighted by atomic mass is 9.95. The molecule has 0 saturated carbocycles. The second kappa shape index (κ2) is 4.53. The fourth-order valence-corrected chi connectivity index (χ4v) is 2.39. The molecule has 0 aliphatic heterocycles. The predicted molar refractivity (Wildman–Crippen MR) is 74.2 cm³/mol. The lowest BCUT2D eigenvalue weighted by molar-refractivity contribution is 0.411. The van der Waals surface area contributed by atoms with Crippen molar-refractivity contribution < 1.29 is 4.74 Å². The molecule has 0 spiro atoms. The molecule has 5 heteroatoms. The van der Waals surface area contributed by atoms with Crippen molar-refractivity contribution in [1.29, 1.82) is 0 Å². The highest BCUT2D eigenvalue weighted by Crippen LogP contribution is 2.36. The van der Waals surface area contributed by atoms with Gasteiger partial charge in [0, 0.05) is 5.56 Å². The van der Waals surface area contributed by atoms with E-state index >= 15 is 0 Å². The molecule has 3 N–H and O–H groups in total. The van der Waals surface area contributed by atoms with Gasteiger partial charge < -0.3 is 15.5 Å². The number of ether oxygens (including phenoxy) is 1. The third-order valence-electron chi connectivity index (χ3n) is 3.18. The number of anilines is 1. The van der Waals surface area contributed by atoms with Crippen molar-refractivity contribution in [2.45, 2.75) is 20.8 Å². The van der Waals surface area contributed by atoms with Crippen LogP contribution in [0.1, 0.15) is 16.7 Å². The Hall–Kier alpha value is -1.68. The average molecular weight is 266 g/mol. The van der Waals surface area contributed by atoms with Crippen LogP contribution in [-0.4, -0.2) is 17.1 Å². The van der Waals surface area contributed by atoms with Gasteiger partial charge in [0.25, 0.3) is 0 Å². The van der Waals surface area contributed by atoms with Gasteiger partial charge in [0.1, 0.15) is 16.6 Å². The van der Waals surface area contributed by atoms with Crippen LogP contribution in [0.2, 0.25) is 5.15 Å². The van der Waals surface area contributed by atoms with E-state index in [1.54, 1.807) is 7.11 Å². The van der Waals surface area contributed by atoms with Gasteiger partial charge in [-0.05, 0) is 43.5 Å². The summed E-state index contributed by atoms with van der Waals surface area (Å²) in [6, 6.07) is 1.98. The molecule has 2 rings (SSSR count). The minimum absolute atomic E-state index is 0.322. The Bertz CT molecular complexity index is 605. The van der Waals surface area contributed by atoms with Gasteiger partial charge in [-0.15, -0.1) is 0 Å². The summed E-state index contributed by atoms with van der Waals surface area (Å²) in [6.45, 7) is 6.05. The number of imidazole rings is 1. The predicted octanol–water partition coefficient (Wildman–Crippen LogP) is 3.25. The summed E-state index contributed by atoms with van der Waals surface area (Å²) < 4.78 is 5.35. The molecule has 1 heterocycles. The van der Waals surface area contributed by atoms with Gasteiger partial charge in [-0.2, -0.15) is 0 Å². The molecular weight excluding hydrogens is 250 g/mol. The summed E-state index contributed by atoms with van der Waals surface area (Å²) in [7, 11) is 1.67. The molecule has 0 bridgehead atoms. The summed E-state index contributed by atoms with van der Waals surface area (Å²) in [5.74, 6) is 1.19. The summed E-state index contributed by atoms with van der Waals surface area (Å²) in [5.41, 5.74) is 10.6. The molecule has 0 fully saturated rings. The first-order valence-electron chi connectivity index (χ1n) is 5.61. The smallest absolute Gasteiger partial charge is 0.199 e. The molecule has 2 aromatic rings. The number of nitrogen functional groups attached to an aromatic ring is 1. The summed E-state index contributed by atoms with van der Waals surface area (Å²) in [5, 5.41) is 0.461. The quantitative estimate of drug-likeness (QED) is 0.876. The van der Waals surface area contributed by atoms with Crippen LogP contribution in [0.25, 0.3) is 11.3 Å². The lowest BCUT2D eigenvalue weighted by Crippen LogP contribution is -1.97. The van der Waals surface area contributed by atoms with Gasteiger partial charge in [-0.1, -0.05) is 11.6 Å². The number of benzene rings is 1. The molecule has 0 aliphatic rings. The van der Waals surface area contributed by atoms with E-state index in [2.05, 4.69) is 9.97 Å². The second-order valence-corrected chi connectivity index (χ2v) is 4.68. The Morgan fingerprint density at radius 2 is 1.94 bits per heavy atom. The van der Waals surface area contributed by atoms with Crippen molar-refractivity contribution >= 4 is 17.5 Å². The van der Waals surface area contributed by atoms with E-state index < -0.39 is 0 Å². The third-order valence-corrected chi connectivity index (χ3v) is 3.46. The van der Waals surface area contributed by atoms with Gasteiger partial charge in [-0.25, -0.2) is 4.98 Å². The zero-order chi connectivity index (χ0) is 13.4. The van der Waals surface area contributed by atoms with Crippen molar-refractivity contribution in [3.8, 4) is 17.0 Å². The highest BCUT2D eigenvalue weighted by atomic mass is 35.5. The third kappa shape index (κ3) is 1.93. The molecule has 0 radical (unpaired) electrons. The SMILES string of the molecule is COc1cc(C)c(-c2nc(N)[nH]c2Cl)c(C)c1C. The number of hydrogen-bond acceptors (Lipinski definition) is 3. The Morgan fingerprint density at radius 1 is 1.28 bits per heavy atom. The zero-order valence-corrected chi connectivity index (χ0v) is 11.6. The van der Waals surface area contributed by atoms with Crippen LogP contribution >= 0.6 is 11.6 Å². The maximum Gasteiger partial charge on any atom is 0.199 e. The molecule has 0 saturated heterocycles. The molecule has 0 atom stereocenters. The normalized spacial score (nSPS) is 10.7. The van der Waals surface area contributed by atoms with Crippen LogP contribution < -0.4 is 10.5 Å². The van der Waals surface area contributed by atoms with Crippen molar-refractivity contribution in [3.63, 3.8) is 0 Å². The minimum Gasteiger partial charge on any atom is -0.496 e. The monoisotopic (exact) mass is 265 g/mol. The maximum atomic E-state index is 6.12. The number of aromatic nitrogens is 2. The number of hydrogen-bond donors (Lipinski definition) is 2. The van der Waals surface area contributed by atoms with E-state index in [1.165, 1.54) is 0 Å². The number of nitrogens with two attached hydrogens (primary N) is 1. The van der Waals surface area contributed by atoms with Crippen LogP contribution in [0.3, 0.4) is 0 Å². The molecule has 96 valence electrons. The van der Waals surface area contributed by atoms with Gasteiger partial charge in [0.2, 0.25) is 0 Å². The summed E-state index contributed by atoms with van der Waals surface area (Å²) >= 11 is 6.12. The Labute approximate surface area is 111 Å². The maximum absolute atomic E-state index is 6.12. The van der Waals surface area contributed by atoms with Crippen molar-refractivity contribution in [1.82, 2.24) is 9.97 Å². The minimum atomic E-state index is 0.322. The molecule has 0 unspecified atom stereocenters. The molecule has 1 aromatic carbocycles.